The van der Waals surface area contributed by atoms with E-state index in [1.54, 1.807) is 37.4 Å². The number of aliphatic imine (C=N–C) groups is 1. The highest BCUT2D eigenvalue weighted by molar-refractivity contribution is 6.40. The van der Waals surface area contributed by atoms with Gasteiger partial charge in [-0.05, 0) is 30.7 Å². The van der Waals surface area contributed by atoms with Crippen molar-refractivity contribution in [1.29, 1.82) is 0 Å². The Hall–Kier alpha value is -2.97. The molecule has 0 radical (unpaired) electrons. The van der Waals surface area contributed by atoms with Gasteiger partial charge < -0.3 is 20.6 Å². The van der Waals surface area contributed by atoms with Crippen LogP contribution >= 0.6 is 11.6 Å². The molecule has 0 spiro atoms. The second-order valence-electron chi connectivity index (χ2n) is 6.70. The Morgan fingerprint density at radius 1 is 1.30 bits per heavy atom. The molecule has 1 heterocycles. The molecule has 158 valence electrons. The smallest absolute Gasteiger partial charge is 0.319 e. The van der Waals surface area contributed by atoms with Gasteiger partial charge in [0.2, 0.25) is 0 Å². The number of fused-ring (bicyclic) bond motifs is 1. The van der Waals surface area contributed by atoms with Gasteiger partial charge in [-0.15, -0.1) is 0 Å². The number of urea groups is 1. The minimum absolute atomic E-state index is 0.0751. The molecule has 3 N–H and O–H groups in total. The molecule has 2 aromatic carbocycles. The number of anilines is 2. The lowest BCUT2D eigenvalue weighted by molar-refractivity contribution is -0.119. The summed E-state index contributed by atoms with van der Waals surface area (Å²) >= 11 is 6.65. The summed E-state index contributed by atoms with van der Waals surface area (Å²) in [7, 11) is 1.61. The molecule has 3 rings (SSSR count). The summed E-state index contributed by atoms with van der Waals surface area (Å²) in [6.45, 7) is 1.70. The maximum absolute atomic E-state index is 14.7. The number of hydrogen-bond donors (Lipinski definition) is 3. The minimum atomic E-state index is -0.697. The Morgan fingerprint density at radius 2 is 2.03 bits per heavy atom. The van der Waals surface area contributed by atoms with Crippen LogP contribution in [0.15, 0.2) is 41.4 Å². The van der Waals surface area contributed by atoms with Gasteiger partial charge in [-0.1, -0.05) is 30.7 Å². The third kappa shape index (κ3) is 4.15. The van der Waals surface area contributed by atoms with Crippen molar-refractivity contribution < 1.29 is 19.1 Å². The number of aliphatic hydroxyl groups excluding tert-OH is 1. The Labute approximate surface area is 178 Å². The fourth-order valence-electron chi connectivity index (χ4n) is 3.24. The molecule has 1 aliphatic rings. The van der Waals surface area contributed by atoms with E-state index in [1.807, 2.05) is 6.92 Å². The predicted octanol–water partition coefficient (Wildman–Crippen LogP) is 3.19. The number of likely N-dealkylation sites (N-methyl/N-ethyl adjacent to an activating group) is 1. The Bertz CT molecular complexity index is 1010. The van der Waals surface area contributed by atoms with Crippen LogP contribution in [0.1, 0.15) is 24.5 Å². The van der Waals surface area contributed by atoms with Gasteiger partial charge in [-0.25, -0.2) is 9.18 Å². The Balaban J connectivity index is 2.20. The average Bonchev–Trinajstić information content (AvgIpc) is 2.84. The number of carbonyl (C=O) groups is 2. The highest BCUT2D eigenvalue weighted by atomic mass is 35.5. The maximum atomic E-state index is 14.7. The average molecular weight is 433 g/mol. The minimum Gasteiger partial charge on any atom is -0.395 e. The standard InChI is InChI=1S/C21H22ClFN4O3/c1-3-14-20(29)27(2)16-9-8-15(26-21(30)24-10-11-28)18(22)17(16)19(25-14)12-6-4-5-7-13(12)23/h4-9,14,28H,3,10-11H2,1-2H3,(H2,24,26,30). The summed E-state index contributed by atoms with van der Waals surface area (Å²) in [5.41, 5.74) is 1.55. The van der Waals surface area contributed by atoms with Crippen molar-refractivity contribution in [2.24, 2.45) is 4.99 Å². The fourth-order valence-corrected chi connectivity index (χ4v) is 3.54. The fraction of sp³-hybridized carbons (Fsp3) is 0.286. The van der Waals surface area contributed by atoms with Crippen molar-refractivity contribution in [2.75, 3.05) is 30.4 Å². The summed E-state index contributed by atoms with van der Waals surface area (Å²) in [6.07, 6.45) is 0.432. The summed E-state index contributed by atoms with van der Waals surface area (Å²) in [5, 5.41) is 14.1. The van der Waals surface area contributed by atoms with Gasteiger partial charge >= 0.3 is 6.03 Å². The van der Waals surface area contributed by atoms with Crippen LogP contribution in [0.5, 0.6) is 0 Å². The number of amides is 3. The van der Waals surface area contributed by atoms with E-state index >= 15 is 0 Å². The third-order valence-electron chi connectivity index (χ3n) is 4.78. The molecule has 9 heteroatoms. The van der Waals surface area contributed by atoms with Crippen LogP contribution in [0.3, 0.4) is 0 Å². The van der Waals surface area contributed by atoms with Gasteiger partial charge in [-0.2, -0.15) is 0 Å². The van der Waals surface area contributed by atoms with Gasteiger partial charge in [-0.3, -0.25) is 9.79 Å². The van der Waals surface area contributed by atoms with Crippen LogP contribution < -0.4 is 15.5 Å². The summed E-state index contributed by atoms with van der Waals surface area (Å²) in [6, 6.07) is 8.08. The van der Waals surface area contributed by atoms with E-state index in [1.165, 1.54) is 11.0 Å². The molecule has 0 aliphatic carbocycles. The first-order chi connectivity index (χ1) is 14.4. The zero-order valence-corrected chi connectivity index (χ0v) is 17.3. The summed E-state index contributed by atoms with van der Waals surface area (Å²) < 4.78 is 14.7. The molecule has 2 aromatic rings. The van der Waals surface area contributed by atoms with E-state index in [4.69, 9.17) is 16.7 Å². The monoisotopic (exact) mass is 432 g/mol. The molecule has 7 nitrogen and oxygen atoms in total. The third-order valence-corrected chi connectivity index (χ3v) is 5.17. The van der Waals surface area contributed by atoms with E-state index in [2.05, 4.69) is 15.6 Å². The molecule has 1 atom stereocenters. The van der Waals surface area contributed by atoms with E-state index in [-0.39, 0.29) is 41.0 Å². The number of halogens is 2. The topological polar surface area (TPSA) is 94.0 Å². The van der Waals surface area contributed by atoms with Crippen LogP contribution in [0.2, 0.25) is 5.02 Å². The predicted molar refractivity (Wildman–Crippen MR) is 115 cm³/mol. The van der Waals surface area contributed by atoms with Crippen molar-refractivity contribution in [3.63, 3.8) is 0 Å². The zero-order valence-electron chi connectivity index (χ0n) is 16.6. The van der Waals surface area contributed by atoms with E-state index in [0.29, 0.717) is 17.7 Å². The number of benzene rings is 2. The lowest BCUT2D eigenvalue weighted by Gasteiger charge is -2.22. The van der Waals surface area contributed by atoms with Crippen molar-refractivity contribution in [1.82, 2.24) is 5.32 Å². The van der Waals surface area contributed by atoms with Crippen molar-refractivity contribution in [3.8, 4) is 0 Å². The Morgan fingerprint density at radius 3 is 2.70 bits per heavy atom. The van der Waals surface area contributed by atoms with Gasteiger partial charge in [0.15, 0.2) is 0 Å². The number of hydrogen-bond acceptors (Lipinski definition) is 4. The van der Waals surface area contributed by atoms with Crippen LogP contribution in [0, 0.1) is 5.82 Å². The van der Waals surface area contributed by atoms with E-state index < -0.39 is 17.9 Å². The highest BCUT2D eigenvalue weighted by Crippen LogP contribution is 2.38. The molecular weight excluding hydrogens is 411 g/mol. The van der Waals surface area contributed by atoms with Crippen molar-refractivity contribution >= 4 is 40.6 Å². The number of nitrogens with zero attached hydrogens (tertiary/aromatic N) is 2. The normalized spacial score (nSPS) is 15.9. The molecular formula is C21H22ClFN4O3. The number of aliphatic hydroxyl groups is 1. The SMILES string of the molecule is CCC1N=C(c2ccccc2F)c2c(ccc(NC(=O)NCCO)c2Cl)N(C)C1=O. The number of carbonyl (C=O) groups excluding carboxylic acids is 2. The summed E-state index contributed by atoms with van der Waals surface area (Å²) in [5.74, 6) is -0.730. The molecule has 30 heavy (non-hydrogen) atoms. The second kappa shape index (κ2) is 9.23. The lowest BCUT2D eigenvalue weighted by Crippen LogP contribution is -2.34. The first-order valence-electron chi connectivity index (χ1n) is 9.47. The molecule has 3 amide bonds. The number of benzodiazepines with no additional fused rings is 1. The molecule has 0 bridgehead atoms. The highest BCUT2D eigenvalue weighted by Gasteiger charge is 2.32. The number of rotatable bonds is 5. The molecule has 0 fully saturated rings. The number of nitrogens with one attached hydrogen (secondary N) is 2. The largest absolute Gasteiger partial charge is 0.395 e. The second-order valence-corrected chi connectivity index (χ2v) is 7.08. The van der Waals surface area contributed by atoms with E-state index in [0.717, 1.165) is 0 Å². The van der Waals surface area contributed by atoms with Gasteiger partial charge in [0.25, 0.3) is 5.91 Å². The summed E-state index contributed by atoms with van der Waals surface area (Å²) in [4.78, 5) is 30.9. The molecule has 0 aromatic heterocycles. The van der Waals surface area contributed by atoms with Crippen molar-refractivity contribution in [3.05, 3.63) is 58.4 Å². The zero-order chi connectivity index (χ0) is 21.8. The van der Waals surface area contributed by atoms with Crippen molar-refractivity contribution in [2.45, 2.75) is 19.4 Å². The van der Waals surface area contributed by atoms with Crippen LogP contribution in [-0.2, 0) is 4.79 Å². The lowest BCUT2D eigenvalue weighted by atomic mass is 9.98. The van der Waals surface area contributed by atoms with Gasteiger partial charge in [0, 0.05) is 24.7 Å². The molecule has 1 aliphatic heterocycles. The van der Waals surface area contributed by atoms with Crippen LogP contribution in [0.25, 0.3) is 0 Å². The van der Waals surface area contributed by atoms with Gasteiger partial charge in [0.1, 0.15) is 11.9 Å². The quantitative estimate of drug-likeness (QED) is 0.677. The van der Waals surface area contributed by atoms with Gasteiger partial charge in [0.05, 0.1) is 28.7 Å². The first-order valence-corrected chi connectivity index (χ1v) is 9.85. The van der Waals surface area contributed by atoms with Crippen LogP contribution in [0.4, 0.5) is 20.6 Å². The first kappa shape index (κ1) is 21.7. The maximum Gasteiger partial charge on any atom is 0.319 e. The van der Waals surface area contributed by atoms with E-state index in [9.17, 15) is 14.0 Å². The molecule has 0 saturated heterocycles. The molecule has 0 saturated carbocycles. The van der Waals surface area contributed by atoms with Crippen LogP contribution in [-0.4, -0.2) is 49.0 Å². The molecule has 1 unspecified atom stereocenters. The Kier molecular flexibility index (Phi) is 6.69.